The van der Waals surface area contributed by atoms with Crippen LogP contribution in [0.5, 0.6) is 0 Å². The van der Waals surface area contributed by atoms with E-state index in [1.165, 1.54) is 6.07 Å². The second-order valence-corrected chi connectivity index (χ2v) is 3.98. The Kier molecular flexibility index (Phi) is 5.10. The maximum Gasteiger partial charge on any atom is 0.336 e. The van der Waals surface area contributed by atoms with Crippen LogP contribution >= 0.6 is 0 Å². The molecule has 0 aromatic heterocycles. The summed E-state index contributed by atoms with van der Waals surface area (Å²) in [5.74, 6) is -1.59. The maximum absolute atomic E-state index is 13.0. The van der Waals surface area contributed by atoms with Crippen LogP contribution in [0, 0.1) is 5.82 Å². The normalized spacial score (nSPS) is 10.8. The molecule has 4 heteroatoms. The van der Waals surface area contributed by atoms with Gasteiger partial charge in [0.25, 0.3) is 0 Å². The van der Waals surface area contributed by atoms with Gasteiger partial charge in [-0.25, -0.2) is 9.18 Å². The molecule has 0 aliphatic rings. The minimum atomic E-state index is -1.08. The fraction of sp³-hybridized carbons (Fsp3) is 0.462. The van der Waals surface area contributed by atoms with Gasteiger partial charge in [0.15, 0.2) is 0 Å². The lowest BCUT2D eigenvalue weighted by Crippen LogP contribution is -2.24. The van der Waals surface area contributed by atoms with Crippen molar-refractivity contribution in [2.24, 2.45) is 0 Å². The third-order valence-electron chi connectivity index (χ3n) is 2.68. The summed E-state index contributed by atoms with van der Waals surface area (Å²) in [4.78, 5) is 13.2. The van der Waals surface area contributed by atoms with E-state index in [0.717, 1.165) is 25.6 Å². The Bertz CT molecular complexity index is 393. The first-order chi connectivity index (χ1) is 8.08. The zero-order chi connectivity index (χ0) is 12.8. The number of carboxylic acid groups (broad SMARTS) is 1. The van der Waals surface area contributed by atoms with Gasteiger partial charge in [-0.05, 0) is 37.2 Å². The molecule has 17 heavy (non-hydrogen) atoms. The SMILES string of the molecule is CCCN(CC)Cc1ccc(F)cc1C(=O)O. The van der Waals surface area contributed by atoms with Crippen LogP contribution in [-0.4, -0.2) is 29.1 Å². The van der Waals surface area contributed by atoms with Crippen LogP contribution in [0.25, 0.3) is 0 Å². The third-order valence-corrected chi connectivity index (χ3v) is 2.68. The van der Waals surface area contributed by atoms with Crippen LogP contribution in [0.3, 0.4) is 0 Å². The molecule has 0 heterocycles. The number of carboxylic acids is 1. The minimum absolute atomic E-state index is 0.0551. The Morgan fingerprint density at radius 1 is 1.41 bits per heavy atom. The van der Waals surface area contributed by atoms with E-state index in [1.807, 2.05) is 6.92 Å². The van der Waals surface area contributed by atoms with E-state index in [4.69, 9.17) is 5.11 Å². The van der Waals surface area contributed by atoms with E-state index >= 15 is 0 Å². The summed E-state index contributed by atoms with van der Waals surface area (Å²) in [7, 11) is 0. The number of nitrogens with zero attached hydrogens (tertiary/aromatic N) is 1. The summed E-state index contributed by atoms with van der Waals surface area (Å²) < 4.78 is 13.0. The van der Waals surface area contributed by atoms with E-state index in [-0.39, 0.29) is 5.56 Å². The van der Waals surface area contributed by atoms with Gasteiger partial charge in [0.2, 0.25) is 0 Å². The van der Waals surface area contributed by atoms with Crippen molar-refractivity contribution in [1.82, 2.24) is 4.90 Å². The highest BCUT2D eigenvalue weighted by Crippen LogP contribution is 2.14. The average Bonchev–Trinajstić information content (AvgIpc) is 2.30. The van der Waals surface area contributed by atoms with E-state index in [9.17, 15) is 9.18 Å². The molecular formula is C13H18FNO2. The highest BCUT2D eigenvalue weighted by molar-refractivity contribution is 5.89. The topological polar surface area (TPSA) is 40.5 Å². The van der Waals surface area contributed by atoms with Gasteiger partial charge in [-0.2, -0.15) is 0 Å². The molecule has 3 nitrogen and oxygen atoms in total. The van der Waals surface area contributed by atoms with E-state index < -0.39 is 11.8 Å². The molecule has 0 spiro atoms. The Balaban J connectivity index is 2.92. The molecule has 1 aromatic carbocycles. The van der Waals surface area contributed by atoms with Crippen LogP contribution in [0.15, 0.2) is 18.2 Å². The highest BCUT2D eigenvalue weighted by atomic mass is 19.1. The molecule has 94 valence electrons. The number of halogens is 1. The van der Waals surface area contributed by atoms with Crippen molar-refractivity contribution in [3.05, 3.63) is 35.1 Å². The van der Waals surface area contributed by atoms with Crippen LogP contribution in [0.1, 0.15) is 36.2 Å². The van der Waals surface area contributed by atoms with Gasteiger partial charge >= 0.3 is 5.97 Å². The number of hydrogen-bond acceptors (Lipinski definition) is 2. The average molecular weight is 239 g/mol. The maximum atomic E-state index is 13.0. The molecule has 0 aliphatic heterocycles. The first-order valence-electron chi connectivity index (χ1n) is 5.82. The van der Waals surface area contributed by atoms with E-state index in [0.29, 0.717) is 12.1 Å². The van der Waals surface area contributed by atoms with Gasteiger partial charge in [-0.1, -0.05) is 19.9 Å². The second-order valence-electron chi connectivity index (χ2n) is 3.98. The summed E-state index contributed by atoms with van der Waals surface area (Å²) in [6, 6.07) is 3.94. The molecule has 0 radical (unpaired) electrons. The van der Waals surface area contributed by atoms with Crippen molar-refractivity contribution in [3.63, 3.8) is 0 Å². The zero-order valence-electron chi connectivity index (χ0n) is 10.2. The first kappa shape index (κ1) is 13.6. The molecule has 1 N–H and O–H groups in total. The Morgan fingerprint density at radius 2 is 2.12 bits per heavy atom. The molecule has 0 saturated carbocycles. The minimum Gasteiger partial charge on any atom is -0.478 e. The summed E-state index contributed by atoms with van der Waals surface area (Å²) in [5.41, 5.74) is 0.716. The van der Waals surface area contributed by atoms with Crippen molar-refractivity contribution >= 4 is 5.97 Å². The summed E-state index contributed by atoms with van der Waals surface area (Å²) in [6.07, 6.45) is 1.01. The Hall–Kier alpha value is -1.42. The highest BCUT2D eigenvalue weighted by Gasteiger charge is 2.13. The number of rotatable bonds is 6. The zero-order valence-corrected chi connectivity index (χ0v) is 10.2. The molecule has 0 atom stereocenters. The van der Waals surface area contributed by atoms with Crippen molar-refractivity contribution in [2.45, 2.75) is 26.8 Å². The van der Waals surface area contributed by atoms with Crippen molar-refractivity contribution in [2.75, 3.05) is 13.1 Å². The molecule has 0 fully saturated rings. The van der Waals surface area contributed by atoms with Crippen molar-refractivity contribution < 1.29 is 14.3 Å². The molecule has 1 rings (SSSR count). The van der Waals surface area contributed by atoms with Gasteiger partial charge in [-0.3, -0.25) is 4.90 Å². The largest absolute Gasteiger partial charge is 0.478 e. The smallest absolute Gasteiger partial charge is 0.336 e. The molecule has 0 bridgehead atoms. The first-order valence-corrected chi connectivity index (χ1v) is 5.82. The van der Waals surface area contributed by atoms with Gasteiger partial charge in [0, 0.05) is 6.54 Å². The van der Waals surface area contributed by atoms with Gasteiger partial charge in [0.05, 0.1) is 5.56 Å². The molecule has 0 aliphatic carbocycles. The van der Waals surface area contributed by atoms with Crippen LogP contribution < -0.4 is 0 Å². The predicted octanol–water partition coefficient (Wildman–Crippen LogP) is 2.76. The lowest BCUT2D eigenvalue weighted by Gasteiger charge is -2.20. The van der Waals surface area contributed by atoms with E-state index in [1.54, 1.807) is 6.07 Å². The molecule has 0 amide bonds. The van der Waals surface area contributed by atoms with Crippen molar-refractivity contribution in [3.8, 4) is 0 Å². The Morgan fingerprint density at radius 3 is 2.65 bits per heavy atom. The fourth-order valence-electron chi connectivity index (χ4n) is 1.79. The van der Waals surface area contributed by atoms with Crippen LogP contribution in [-0.2, 0) is 6.54 Å². The van der Waals surface area contributed by atoms with Crippen molar-refractivity contribution in [1.29, 1.82) is 0 Å². The fourth-order valence-corrected chi connectivity index (χ4v) is 1.79. The summed E-state index contributed by atoms with van der Waals surface area (Å²) in [5, 5.41) is 9.02. The third kappa shape index (κ3) is 3.82. The van der Waals surface area contributed by atoms with Gasteiger partial charge in [0.1, 0.15) is 5.82 Å². The predicted molar refractivity (Wildman–Crippen MR) is 64.6 cm³/mol. The number of benzene rings is 1. The summed E-state index contributed by atoms with van der Waals surface area (Å²) in [6.45, 7) is 6.41. The lowest BCUT2D eigenvalue weighted by molar-refractivity contribution is 0.0694. The lowest BCUT2D eigenvalue weighted by atomic mass is 10.1. The molecule has 0 unspecified atom stereocenters. The van der Waals surface area contributed by atoms with Crippen LogP contribution in [0.2, 0.25) is 0 Å². The number of aromatic carboxylic acids is 1. The quantitative estimate of drug-likeness (QED) is 0.829. The van der Waals surface area contributed by atoms with Gasteiger partial charge < -0.3 is 5.11 Å². The van der Waals surface area contributed by atoms with E-state index in [2.05, 4.69) is 11.8 Å². The summed E-state index contributed by atoms with van der Waals surface area (Å²) >= 11 is 0. The van der Waals surface area contributed by atoms with Crippen LogP contribution in [0.4, 0.5) is 4.39 Å². The molecule has 0 saturated heterocycles. The molecular weight excluding hydrogens is 221 g/mol. The number of carbonyl (C=O) groups is 1. The standard InChI is InChI=1S/C13H18FNO2/c1-3-7-15(4-2)9-10-5-6-11(14)8-12(10)13(16)17/h5-6,8H,3-4,7,9H2,1-2H3,(H,16,17). The van der Waals surface area contributed by atoms with Gasteiger partial charge in [-0.15, -0.1) is 0 Å². The Labute approximate surface area is 101 Å². The second kappa shape index (κ2) is 6.35. The number of hydrogen-bond donors (Lipinski definition) is 1. The molecule has 1 aromatic rings. The monoisotopic (exact) mass is 239 g/mol.